The summed E-state index contributed by atoms with van der Waals surface area (Å²) in [5.41, 5.74) is 5.11. The van der Waals surface area contributed by atoms with Gasteiger partial charge in [-0.25, -0.2) is 0 Å². The van der Waals surface area contributed by atoms with Gasteiger partial charge in [0.2, 0.25) is 11.8 Å². The van der Waals surface area contributed by atoms with Crippen molar-refractivity contribution < 1.29 is 14.6 Å². The Bertz CT molecular complexity index is 225. The van der Waals surface area contributed by atoms with Gasteiger partial charge in [-0.3, -0.25) is 0 Å². The summed E-state index contributed by atoms with van der Waals surface area (Å²) in [6.45, 7) is -0.308. The molecule has 6 nitrogen and oxygen atoms in total. The maximum absolute atomic E-state index is 9.04. The fourth-order valence-electron chi connectivity index (χ4n) is 0.566. The van der Waals surface area contributed by atoms with Crippen LogP contribution in [0.5, 0.6) is 0 Å². The molecule has 1 atom stereocenters. The maximum atomic E-state index is 9.04. The van der Waals surface area contributed by atoms with E-state index in [9.17, 15) is 0 Å². The maximum Gasteiger partial charge on any atom is 0.246 e. The van der Waals surface area contributed by atoms with E-state index < -0.39 is 6.10 Å². The lowest BCUT2D eigenvalue weighted by Gasteiger charge is -1.98. The SMILES string of the molecule is NCC(O)c1nnc(CO)o1. The van der Waals surface area contributed by atoms with Gasteiger partial charge in [-0.05, 0) is 0 Å². The van der Waals surface area contributed by atoms with E-state index in [1.165, 1.54) is 0 Å². The van der Waals surface area contributed by atoms with E-state index in [2.05, 4.69) is 10.2 Å². The van der Waals surface area contributed by atoms with Gasteiger partial charge in [0.05, 0.1) is 0 Å². The molecule has 0 radical (unpaired) electrons. The van der Waals surface area contributed by atoms with Crippen LogP contribution in [0.25, 0.3) is 0 Å². The summed E-state index contributed by atoms with van der Waals surface area (Å²) in [6, 6.07) is 0. The molecule has 4 N–H and O–H groups in total. The molecule has 6 heteroatoms. The average molecular weight is 159 g/mol. The first-order chi connectivity index (χ1) is 5.27. The van der Waals surface area contributed by atoms with E-state index in [-0.39, 0.29) is 24.9 Å². The fourth-order valence-corrected chi connectivity index (χ4v) is 0.566. The van der Waals surface area contributed by atoms with Gasteiger partial charge in [0.1, 0.15) is 12.7 Å². The Labute approximate surface area is 62.7 Å². The van der Waals surface area contributed by atoms with Crippen molar-refractivity contribution >= 4 is 0 Å². The first kappa shape index (κ1) is 8.12. The van der Waals surface area contributed by atoms with E-state index in [1.807, 2.05) is 0 Å². The number of nitrogens with two attached hydrogens (primary N) is 1. The molecule has 0 amide bonds. The molecule has 0 spiro atoms. The summed E-state index contributed by atoms with van der Waals surface area (Å²) in [4.78, 5) is 0. The van der Waals surface area contributed by atoms with Gasteiger partial charge in [0, 0.05) is 6.54 Å². The van der Waals surface area contributed by atoms with Gasteiger partial charge >= 0.3 is 0 Å². The van der Waals surface area contributed by atoms with Crippen LogP contribution in [0.2, 0.25) is 0 Å². The van der Waals surface area contributed by atoms with Crippen LogP contribution in [-0.4, -0.2) is 27.0 Å². The first-order valence-electron chi connectivity index (χ1n) is 3.09. The van der Waals surface area contributed by atoms with Crippen molar-refractivity contribution in [2.45, 2.75) is 12.7 Å². The minimum Gasteiger partial charge on any atom is -0.420 e. The Morgan fingerprint density at radius 3 is 2.73 bits per heavy atom. The van der Waals surface area contributed by atoms with Crippen LogP contribution in [-0.2, 0) is 6.61 Å². The molecule has 0 aliphatic carbocycles. The molecular weight excluding hydrogens is 150 g/mol. The second-order valence-electron chi connectivity index (χ2n) is 1.94. The van der Waals surface area contributed by atoms with E-state index in [1.54, 1.807) is 0 Å². The molecule has 1 rings (SSSR count). The van der Waals surface area contributed by atoms with Crippen molar-refractivity contribution in [2.75, 3.05) is 6.54 Å². The molecule has 62 valence electrons. The summed E-state index contributed by atoms with van der Waals surface area (Å²) in [6.07, 6.45) is -0.942. The third-order valence-electron chi connectivity index (χ3n) is 1.13. The Hall–Kier alpha value is -0.980. The summed E-state index contributed by atoms with van der Waals surface area (Å²) >= 11 is 0. The Morgan fingerprint density at radius 2 is 2.27 bits per heavy atom. The quantitative estimate of drug-likeness (QED) is 0.498. The van der Waals surface area contributed by atoms with E-state index in [0.29, 0.717) is 0 Å². The Balaban J connectivity index is 2.71. The molecule has 1 heterocycles. The van der Waals surface area contributed by atoms with Crippen LogP contribution in [0.15, 0.2) is 4.42 Å². The number of hydrogen-bond donors (Lipinski definition) is 3. The lowest BCUT2D eigenvalue weighted by atomic mass is 10.4. The van der Waals surface area contributed by atoms with Crippen molar-refractivity contribution in [3.63, 3.8) is 0 Å². The van der Waals surface area contributed by atoms with Crippen LogP contribution in [0.1, 0.15) is 17.9 Å². The third kappa shape index (κ3) is 1.73. The monoisotopic (exact) mass is 159 g/mol. The minimum absolute atomic E-state index is 0.0209. The lowest BCUT2D eigenvalue weighted by molar-refractivity contribution is 0.144. The molecule has 1 unspecified atom stereocenters. The smallest absolute Gasteiger partial charge is 0.246 e. The first-order valence-corrected chi connectivity index (χ1v) is 3.09. The molecule has 0 aliphatic heterocycles. The highest BCUT2D eigenvalue weighted by molar-refractivity contribution is 4.85. The van der Waals surface area contributed by atoms with Gasteiger partial charge in [-0.2, -0.15) is 0 Å². The van der Waals surface area contributed by atoms with Crippen LogP contribution < -0.4 is 5.73 Å². The lowest BCUT2D eigenvalue weighted by Crippen LogP contribution is -2.11. The van der Waals surface area contributed by atoms with Gasteiger partial charge < -0.3 is 20.4 Å². The molecule has 0 fully saturated rings. The van der Waals surface area contributed by atoms with Crippen molar-refractivity contribution in [3.8, 4) is 0 Å². The molecule has 0 bridgehead atoms. The molecule has 1 aromatic rings. The molecule has 0 aromatic carbocycles. The number of aliphatic hydroxyl groups is 2. The number of aromatic nitrogens is 2. The molecular formula is C5H9N3O3. The number of nitrogens with zero attached hydrogens (tertiary/aromatic N) is 2. The van der Waals surface area contributed by atoms with Gasteiger partial charge in [0.15, 0.2) is 0 Å². The largest absolute Gasteiger partial charge is 0.420 e. The fraction of sp³-hybridized carbons (Fsp3) is 0.600. The zero-order chi connectivity index (χ0) is 8.27. The average Bonchev–Trinajstić information content (AvgIpc) is 2.50. The normalized spacial score (nSPS) is 13.4. The topological polar surface area (TPSA) is 105 Å². The zero-order valence-corrected chi connectivity index (χ0v) is 5.77. The molecule has 1 aromatic heterocycles. The summed E-state index contributed by atoms with van der Waals surface area (Å²) in [5, 5.41) is 24.4. The standard InChI is InChI=1S/C5H9N3O3/c6-1-3(10)5-8-7-4(2-9)11-5/h3,9-10H,1-2,6H2. The van der Waals surface area contributed by atoms with E-state index in [0.717, 1.165) is 0 Å². The van der Waals surface area contributed by atoms with E-state index >= 15 is 0 Å². The highest BCUT2D eigenvalue weighted by atomic mass is 16.4. The second kappa shape index (κ2) is 3.42. The highest BCUT2D eigenvalue weighted by Gasteiger charge is 2.12. The van der Waals surface area contributed by atoms with Crippen molar-refractivity contribution in [3.05, 3.63) is 11.8 Å². The number of rotatable bonds is 3. The zero-order valence-electron chi connectivity index (χ0n) is 5.77. The van der Waals surface area contributed by atoms with Crippen molar-refractivity contribution in [2.24, 2.45) is 5.73 Å². The highest BCUT2D eigenvalue weighted by Crippen LogP contribution is 2.08. The number of aliphatic hydroxyl groups excluding tert-OH is 2. The Kier molecular flexibility index (Phi) is 2.53. The van der Waals surface area contributed by atoms with Crippen LogP contribution in [0, 0.1) is 0 Å². The van der Waals surface area contributed by atoms with Crippen LogP contribution in [0.3, 0.4) is 0 Å². The summed E-state index contributed by atoms with van der Waals surface area (Å²) in [7, 11) is 0. The van der Waals surface area contributed by atoms with Gasteiger partial charge in [-0.1, -0.05) is 0 Å². The summed E-state index contributed by atoms with van der Waals surface area (Å²) < 4.78 is 4.78. The van der Waals surface area contributed by atoms with Crippen LogP contribution >= 0.6 is 0 Å². The Morgan fingerprint density at radius 1 is 1.55 bits per heavy atom. The minimum atomic E-state index is -0.942. The van der Waals surface area contributed by atoms with Gasteiger partial charge in [-0.15, -0.1) is 10.2 Å². The predicted octanol–water partition coefficient (Wildman–Crippen LogP) is -1.45. The second-order valence-corrected chi connectivity index (χ2v) is 1.94. The molecule has 0 saturated carbocycles. The number of hydrogen-bond acceptors (Lipinski definition) is 6. The molecule has 11 heavy (non-hydrogen) atoms. The predicted molar refractivity (Wildman–Crippen MR) is 34.2 cm³/mol. The van der Waals surface area contributed by atoms with Crippen molar-refractivity contribution in [1.82, 2.24) is 10.2 Å². The van der Waals surface area contributed by atoms with E-state index in [4.69, 9.17) is 20.4 Å². The molecule has 0 aliphatic rings. The van der Waals surface area contributed by atoms with Gasteiger partial charge in [0.25, 0.3) is 0 Å². The van der Waals surface area contributed by atoms with Crippen molar-refractivity contribution in [1.29, 1.82) is 0 Å². The summed E-state index contributed by atoms with van der Waals surface area (Å²) in [5.74, 6) is 0.115. The third-order valence-corrected chi connectivity index (χ3v) is 1.13. The van der Waals surface area contributed by atoms with Crippen LogP contribution in [0.4, 0.5) is 0 Å². The molecule has 0 saturated heterocycles.